The Bertz CT molecular complexity index is 1050. The molecule has 0 radical (unpaired) electrons. The summed E-state index contributed by atoms with van der Waals surface area (Å²) in [5.74, 6) is 0.459. The van der Waals surface area contributed by atoms with Crippen LogP contribution >= 0.6 is 11.8 Å². The third-order valence-corrected chi connectivity index (χ3v) is 6.10. The van der Waals surface area contributed by atoms with Crippen molar-refractivity contribution in [2.75, 3.05) is 18.8 Å². The van der Waals surface area contributed by atoms with Crippen molar-refractivity contribution in [3.8, 4) is 0 Å². The largest absolute Gasteiger partial charge is 0.342 e. The molecule has 6 heteroatoms. The molecule has 1 amide bonds. The average Bonchev–Trinajstić information content (AvgIpc) is 2.71. The molecule has 5 nitrogen and oxygen atoms in total. The zero-order valence-corrected chi connectivity index (χ0v) is 16.3. The SMILES string of the molecule is CCn1c(SCC(=O)N2CCCCC2)nc2cc3ccccc3cc2c1=O. The van der Waals surface area contributed by atoms with Gasteiger partial charge in [0.05, 0.1) is 16.7 Å². The van der Waals surface area contributed by atoms with Crippen LogP contribution in [0, 0.1) is 0 Å². The number of hydrogen-bond acceptors (Lipinski definition) is 4. The van der Waals surface area contributed by atoms with Gasteiger partial charge in [0.2, 0.25) is 5.91 Å². The molecule has 27 heavy (non-hydrogen) atoms. The van der Waals surface area contributed by atoms with Crippen LogP contribution < -0.4 is 5.56 Å². The molecule has 2 aromatic carbocycles. The molecule has 1 saturated heterocycles. The maximum absolute atomic E-state index is 13.0. The first-order valence-electron chi connectivity index (χ1n) is 9.51. The molecule has 0 atom stereocenters. The third-order valence-electron chi connectivity index (χ3n) is 5.14. The van der Waals surface area contributed by atoms with Crippen LogP contribution in [-0.4, -0.2) is 39.2 Å². The van der Waals surface area contributed by atoms with E-state index in [1.54, 1.807) is 4.57 Å². The molecule has 4 rings (SSSR count). The van der Waals surface area contributed by atoms with Gasteiger partial charge in [0.25, 0.3) is 5.56 Å². The van der Waals surface area contributed by atoms with E-state index in [4.69, 9.17) is 4.98 Å². The highest BCUT2D eigenvalue weighted by Gasteiger charge is 2.18. The second kappa shape index (κ2) is 7.72. The molecule has 140 valence electrons. The quantitative estimate of drug-likeness (QED) is 0.393. The van der Waals surface area contributed by atoms with Gasteiger partial charge in [0, 0.05) is 19.6 Å². The number of benzene rings is 2. The van der Waals surface area contributed by atoms with Gasteiger partial charge < -0.3 is 4.90 Å². The van der Waals surface area contributed by atoms with Crippen molar-refractivity contribution in [1.29, 1.82) is 0 Å². The maximum Gasteiger partial charge on any atom is 0.262 e. The first kappa shape index (κ1) is 18.0. The summed E-state index contributed by atoms with van der Waals surface area (Å²) in [7, 11) is 0. The number of aromatic nitrogens is 2. The minimum absolute atomic E-state index is 0.0406. The van der Waals surface area contributed by atoms with E-state index in [9.17, 15) is 9.59 Å². The molecule has 1 fully saturated rings. The van der Waals surface area contributed by atoms with Crippen molar-refractivity contribution < 1.29 is 4.79 Å². The second-order valence-corrected chi connectivity index (χ2v) is 7.83. The number of carbonyl (C=O) groups is 1. The van der Waals surface area contributed by atoms with Gasteiger partial charge in [0.15, 0.2) is 5.16 Å². The number of hydrogen-bond donors (Lipinski definition) is 0. The number of carbonyl (C=O) groups excluding carboxylic acids is 1. The van der Waals surface area contributed by atoms with Crippen LogP contribution in [0.5, 0.6) is 0 Å². The highest BCUT2D eigenvalue weighted by Crippen LogP contribution is 2.23. The summed E-state index contributed by atoms with van der Waals surface area (Å²) in [6.07, 6.45) is 3.36. The van der Waals surface area contributed by atoms with Crippen LogP contribution in [0.25, 0.3) is 21.7 Å². The van der Waals surface area contributed by atoms with Gasteiger partial charge in [-0.25, -0.2) is 4.98 Å². The zero-order chi connectivity index (χ0) is 18.8. The molecule has 3 aromatic rings. The fraction of sp³-hybridized carbons (Fsp3) is 0.381. The lowest BCUT2D eigenvalue weighted by atomic mass is 10.1. The van der Waals surface area contributed by atoms with Crippen LogP contribution in [0.4, 0.5) is 0 Å². The molecule has 0 spiro atoms. The van der Waals surface area contributed by atoms with Crippen molar-refractivity contribution >= 4 is 39.3 Å². The fourth-order valence-corrected chi connectivity index (χ4v) is 4.60. The molecule has 1 aliphatic heterocycles. The summed E-state index contributed by atoms with van der Waals surface area (Å²) in [4.78, 5) is 32.1. The van der Waals surface area contributed by atoms with Crippen molar-refractivity contribution in [3.05, 3.63) is 46.8 Å². The van der Waals surface area contributed by atoms with Gasteiger partial charge in [-0.15, -0.1) is 0 Å². The maximum atomic E-state index is 13.0. The smallest absolute Gasteiger partial charge is 0.262 e. The number of amides is 1. The number of likely N-dealkylation sites (tertiary alicyclic amines) is 1. The van der Waals surface area contributed by atoms with E-state index in [0.717, 1.165) is 36.7 Å². The summed E-state index contributed by atoms with van der Waals surface area (Å²) in [5, 5.41) is 3.34. The molecule has 0 unspecified atom stereocenters. The van der Waals surface area contributed by atoms with E-state index in [0.29, 0.717) is 28.4 Å². The summed E-state index contributed by atoms with van der Waals surface area (Å²) < 4.78 is 1.67. The number of thioether (sulfide) groups is 1. The van der Waals surface area contributed by atoms with Crippen molar-refractivity contribution in [2.45, 2.75) is 37.9 Å². The van der Waals surface area contributed by atoms with Gasteiger partial charge in [-0.3, -0.25) is 14.2 Å². The zero-order valence-electron chi connectivity index (χ0n) is 15.5. The predicted octanol–water partition coefficient (Wildman–Crippen LogP) is 3.67. The van der Waals surface area contributed by atoms with E-state index in [2.05, 4.69) is 0 Å². The highest BCUT2D eigenvalue weighted by molar-refractivity contribution is 7.99. The Balaban J connectivity index is 1.68. The summed E-state index contributed by atoms with van der Waals surface area (Å²) >= 11 is 1.37. The van der Waals surface area contributed by atoms with E-state index < -0.39 is 0 Å². The summed E-state index contributed by atoms with van der Waals surface area (Å²) in [6.45, 7) is 4.16. The average molecular weight is 382 g/mol. The van der Waals surface area contributed by atoms with Gasteiger partial charge in [-0.1, -0.05) is 36.0 Å². The predicted molar refractivity (Wildman–Crippen MR) is 110 cm³/mol. The van der Waals surface area contributed by atoms with Crippen molar-refractivity contribution in [3.63, 3.8) is 0 Å². The Morgan fingerprint density at radius 2 is 1.81 bits per heavy atom. The van der Waals surface area contributed by atoms with Crippen LogP contribution in [-0.2, 0) is 11.3 Å². The Morgan fingerprint density at radius 1 is 1.11 bits per heavy atom. The molecule has 0 aliphatic carbocycles. The topological polar surface area (TPSA) is 55.2 Å². The lowest BCUT2D eigenvalue weighted by Gasteiger charge is -2.26. The standard InChI is InChI=1S/C21H23N3O2S/c1-2-24-20(26)17-12-15-8-4-5-9-16(15)13-18(17)22-21(24)27-14-19(25)23-10-6-3-7-11-23/h4-5,8-9,12-13H,2-3,6-7,10-11,14H2,1H3. The van der Waals surface area contributed by atoms with E-state index in [1.807, 2.05) is 48.2 Å². The molecule has 0 N–H and O–H groups in total. The lowest BCUT2D eigenvalue weighted by molar-refractivity contribution is -0.129. The molecule has 0 bridgehead atoms. The normalized spacial score (nSPS) is 14.8. The first-order valence-corrected chi connectivity index (χ1v) is 10.5. The lowest BCUT2D eigenvalue weighted by Crippen LogP contribution is -2.37. The summed E-state index contributed by atoms with van der Waals surface area (Å²) in [6, 6.07) is 11.9. The Kier molecular flexibility index (Phi) is 5.16. The van der Waals surface area contributed by atoms with Gasteiger partial charge in [-0.05, 0) is 49.1 Å². The monoisotopic (exact) mass is 381 g/mol. The second-order valence-electron chi connectivity index (χ2n) is 6.89. The van der Waals surface area contributed by atoms with E-state index in [-0.39, 0.29) is 11.5 Å². The number of nitrogens with zero attached hydrogens (tertiary/aromatic N) is 3. The molecular weight excluding hydrogens is 358 g/mol. The fourth-order valence-electron chi connectivity index (χ4n) is 3.64. The van der Waals surface area contributed by atoms with Crippen LogP contribution in [0.1, 0.15) is 26.2 Å². The van der Waals surface area contributed by atoms with Gasteiger partial charge in [-0.2, -0.15) is 0 Å². The number of fused-ring (bicyclic) bond motifs is 2. The molecule has 0 saturated carbocycles. The third kappa shape index (κ3) is 3.58. The van der Waals surface area contributed by atoms with Crippen molar-refractivity contribution in [2.24, 2.45) is 0 Å². The van der Waals surface area contributed by atoms with Gasteiger partial charge >= 0.3 is 0 Å². The van der Waals surface area contributed by atoms with E-state index >= 15 is 0 Å². The minimum Gasteiger partial charge on any atom is -0.342 e. The van der Waals surface area contributed by atoms with Crippen molar-refractivity contribution in [1.82, 2.24) is 14.5 Å². The molecular formula is C21H23N3O2S. The molecule has 2 heterocycles. The Labute approximate surface area is 162 Å². The molecule has 1 aliphatic rings. The van der Waals surface area contributed by atoms with Crippen LogP contribution in [0.15, 0.2) is 46.3 Å². The van der Waals surface area contributed by atoms with Gasteiger partial charge in [0.1, 0.15) is 0 Å². The minimum atomic E-state index is -0.0406. The highest BCUT2D eigenvalue weighted by atomic mass is 32.2. The van der Waals surface area contributed by atoms with Crippen LogP contribution in [0.2, 0.25) is 0 Å². The van der Waals surface area contributed by atoms with Crippen LogP contribution in [0.3, 0.4) is 0 Å². The number of piperidine rings is 1. The summed E-state index contributed by atoms with van der Waals surface area (Å²) in [5.41, 5.74) is 0.650. The Hall–Kier alpha value is -2.34. The number of rotatable bonds is 4. The molecule has 1 aromatic heterocycles. The van der Waals surface area contributed by atoms with E-state index in [1.165, 1.54) is 18.2 Å². The first-order chi connectivity index (χ1) is 13.2. The Morgan fingerprint density at radius 3 is 2.52 bits per heavy atom.